The van der Waals surface area contributed by atoms with Crippen LogP contribution in [0.2, 0.25) is 0 Å². The minimum absolute atomic E-state index is 0.371. The van der Waals surface area contributed by atoms with Crippen LogP contribution in [0.3, 0.4) is 0 Å². The van der Waals surface area contributed by atoms with Crippen LogP contribution in [0.25, 0.3) is 0 Å². The van der Waals surface area contributed by atoms with Crippen molar-refractivity contribution in [1.82, 2.24) is 9.88 Å². The summed E-state index contributed by atoms with van der Waals surface area (Å²) in [6.07, 6.45) is 6.11. The first kappa shape index (κ1) is 14.5. The van der Waals surface area contributed by atoms with E-state index in [1.807, 2.05) is 17.6 Å². The molecule has 1 aliphatic rings. The Kier molecular flexibility index (Phi) is 4.88. The number of rotatable bonds is 5. The van der Waals surface area contributed by atoms with Gasteiger partial charge in [-0.2, -0.15) is 0 Å². The molecule has 2 heterocycles. The first-order valence-electron chi connectivity index (χ1n) is 7.70. The van der Waals surface area contributed by atoms with Crippen molar-refractivity contribution >= 4 is 11.3 Å². The van der Waals surface area contributed by atoms with Gasteiger partial charge in [0.1, 0.15) is 5.75 Å². The van der Waals surface area contributed by atoms with Crippen molar-refractivity contribution in [3.05, 3.63) is 46.4 Å². The van der Waals surface area contributed by atoms with Crippen molar-refractivity contribution in [3.8, 4) is 5.75 Å². The molecule has 112 valence electrons. The second kappa shape index (κ2) is 7.05. The lowest BCUT2D eigenvalue weighted by Gasteiger charge is -2.35. The fraction of sp³-hybridized carbons (Fsp3) is 0.471. The number of aromatic nitrogens is 1. The number of phenolic OH excluding ortho intramolecular Hbond substituents is 1. The largest absolute Gasteiger partial charge is 0.508 e. The summed E-state index contributed by atoms with van der Waals surface area (Å²) in [6, 6.07) is 8.29. The molecule has 0 spiro atoms. The lowest BCUT2D eigenvalue weighted by molar-refractivity contribution is 0.131. The molecule has 1 unspecified atom stereocenters. The number of aromatic hydroxyl groups is 1. The average molecular weight is 302 g/mol. The van der Waals surface area contributed by atoms with E-state index in [1.165, 1.54) is 37.1 Å². The van der Waals surface area contributed by atoms with Crippen LogP contribution in [-0.2, 0) is 13.0 Å². The zero-order valence-corrected chi connectivity index (χ0v) is 13.1. The third-order valence-electron chi connectivity index (χ3n) is 4.27. The molecule has 1 aliphatic heterocycles. The fourth-order valence-electron chi connectivity index (χ4n) is 3.16. The summed E-state index contributed by atoms with van der Waals surface area (Å²) in [5.41, 5.74) is 4.35. The van der Waals surface area contributed by atoms with Gasteiger partial charge >= 0.3 is 0 Å². The zero-order valence-electron chi connectivity index (χ0n) is 12.2. The van der Waals surface area contributed by atoms with Crippen molar-refractivity contribution < 1.29 is 5.11 Å². The molecule has 0 aliphatic carbocycles. The number of hydrogen-bond acceptors (Lipinski definition) is 4. The molecule has 0 bridgehead atoms. The predicted molar refractivity (Wildman–Crippen MR) is 86.6 cm³/mol. The van der Waals surface area contributed by atoms with Crippen LogP contribution in [0.15, 0.2) is 35.2 Å². The van der Waals surface area contributed by atoms with Crippen molar-refractivity contribution in [1.29, 1.82) is 0 Å². The molecule has 0 amide bonds. The van der Waals surface area contributed by atoms with E-state index in [9.17, 15) is 5.11 Å². The summed E-state index contributed by atoms with van der Waals surface area (Å²) in [7, 11) is 0. The first-order valence-corrected chi connectivity index (χ1v) is 8.64. The van der Waals surface area contributed by atoms with Gasteiger partial charge in [-0.1, -0.05) is 18.6 Å². The molecule has 1 aromatic carbocycles. The van der Waals surface area contributed by atoms with Gasteiger partial charge < -0.3 is 5.11 Å². The second-order valence-corrected chi connectivity index (χ2v) is 6.53. The molecule has 2 aromatic rings. The van der Waals surface area contributed by atoms with Crippen LogP contribution >= 0.6 is 11.3 Å². The highest BCUT2D eigenvalue weighted by Gasteiger charge is 2.22. The lowest BCUT2D eigenvalue weighted by atomic mass is 9.95. The van der Waals surface area contributed by atoms with Gasteiger partial charge in [-0.15, -0.1) is 11.3 Å². The summed E-state index contributed by atoms with van der Waals surface area (Å²) in [6.45, 7) is 2.16. The number of thiazole rings is 1. The van der Waals surface area contributed by atoms with Gasteiger partial charge in [0.25, 0.3) is 0 Å². The molecule has 1 fully saturated rings. The smallest absolute Gasteiger partial charge is 0.115 e. The number of phenols is 1. The van der Waals surface area contributed by atoms with Crippen LogP contribution < -0.4 is 0 Å². The van der Waals surface area contributed by atoms with E-state index in [2.05, 4.69) is 21.3 Å². The third kappa shape index (κ3) is 4.05. The molecule has 0 radical (unpaired) electrons. The number of aryl methyl sites for hydroxylation is 1. The summed E-state index contributed by atoms with van der Waals surface area (Å²) in [4.78, 5) is 7.00. The SMILES string of the molecule is Oc1cccc(CCC2CCCCN2Cc2cscn2)c1. The Morgan fingerprint density at radius 3 is 3.10 bits per heavy atom. The molecule has 1 saturated heterocycles. The topological polar surface area (TPSA) is 36.4 Å². The third-order valence-corrected chi connectivity index (χ3v) is 4.91. The van der Waals surface area contributed by atoms with Crippen molar-refractivity contribution in [3.63, 3.8) is 0 Å². The normalized spacial score (nSPS) is 19.7. The van der Waals surface area contributed by atoms with Gasteiger partial charge in [0.2, 0.25) is 0 Å². The summed E-state index contributed by atoms with van der Waals surface area (Å²) in [5.74, 6) is 0.371. The fourth-order valence-corrected chi connectivity index (χ4v) is 3.71. The summed E-state index contributed by atoms with van der Waals surface area (Å²) in [5, 5.41) is 11.7. The maximum Gasteiger partial charge on any atom is 0.115 e. The number of hydrogen-bond donors (Lipinski definition) is 1. The molecule has 3 rings (SSSR count). The van der Waals surface area contributed by atoms with E-state index in [0.29, 0.717) is 11.8 Å². The predicted octanol–water partition coefficient (Wildman–Crippen LogP) is 3.84. The minimum atomic E-state index is 0.371. The maximum atomic E-state index is 9.56. The van der Waals surface area contributed by atoms with Crippen LogP contribution in [0, 0.1) is 0 Å². The quantitative estimate of drug-likeness (QED) is 0.911. The van der Waals surface area contributed by atoms with Gasteiger partial charge in [0.05, 0.1) is 11.2 Å². The Bertz CT molecular complexity index is 556. The minimum Gasteiger partial charge on any atom is -0.508 e. The highest BCUT2D eigenvalue weighted by molar-refractivity contribution is 7.07. The molecule has 1 N–H and O–H groups in total. The molecular formula is C17H22N2OS. The van der Waals surface area contributed by atoms with Crippen LogP contribution in [-0.4, -0.2) is 27.6 Å². The monoisotopic (exact) mass is 302 g/mol. The average Bonchev–Trinajstić information content (AvgIpc) is 2.99. The van der Waals surface area contributed by atoms with Crippen molar-refractivity contribution in [2.45, 2.75) is 44.7 Å². The first-order chi connectivity index (χ1) is 10.3. The zero-order chi connectivity index (χ0) is 14.5. The Morgan fingerprint density at radius 1 is 1.33 bits per heavy atom. The Hall–Kier alpha value is -1.39. The number of piperidine rings is 1. The van der Waals surface area contributed by atoms with E-state index in [1.54, 1.807) is 17.4 Å². The Labute approximate surface area is 130 Å². The Morgan fingerprint density at radius 2 is 2.29 bits per heavy atom. The van der Waals surface area contributed by atoms with E-state index in [4.69, 9.17) is 0 Å². The van der Waals surface area contributed by atoms with Gasteiger partial charge in [-0.05, 0) is 49.9 Å². The maximum absolute atomic E-state index is 9.56. The van der Waals surface area contributed by atoms with Crippen molar-refractivity contribution in [2.24, 2.45) is 0 Å². The standard InChI is InChI=1S/C17H22N2OS/c20-17-6-3-4-14(10-17)7-8-16-5-1-2-9-19(16)11-15-12-21-13-18-15/h3-4,6,10,12-13,16,20H,1-2,5,7-9,11H2. The number of likely N-dealkylation sites (tertiary alicyclic amines) is 1. The molecule has 1 aromatic heterocycles. The molecule has 4 heteroatoms. The molecular weight excluding hydrogens is 280 g/mol. The lowest BCUT2D eigenvalue weighted by Crippen LogP contribution is -2.39. The Balaban J connectivity index is 1.59. The molecule has 1 atom stereocenters. The molecule has 21 heavy (non-hydrogen) atoms. The van der Waals surface area contributed by atoms with E-state index in [-0.39, 0.29) is 0 Å². The van der Waals surface area contributed by atoms with Crippen LogP contribution in [0.5, 0.6) is 5.75 Å². The van der Waals surface area contributed by atoms with Gasteiger partial charge in [0.15, 0.2) is 0 Å². The molecule has 0 saturated carbocycles. The van der Waals surface area contributed by atoms with Crippen LogP contribution in [0.1, 0.15) is 36.9 Å². The summed E-state index contributed by atoms with van der Waals surface area (Å²) >= 11 is 1.68. The van der Waals surface area contributed by atoms with E-state index < -0.39 is 0 Å². The van der Waals surface area contributed by atoms with Crippen molar-refractivity contribution in [2.75, 3.05) is 6.54 Å². The highest BCUT2D eigenvalue weighted by atomic mass is 32.1. The van der Waals surface area contributed by atoms with E-state index >= 15 is 0 Å². The van der Waals surface area contributed by atoms with Gasteiger partial charge in [-0.3, -0.25) is 4.90 Å². The summed E-state index contributed by atoms with van der Waals surface area (Å²) < 4.78 is 0. The van der Waals surface area contributed by atoms with Gasteiger partial charge in [0, 0.05) is 18.0 Å². The van der Waals surface area contributed by atoms with Crippen LogP contribution in [0.4, 0.5) is 0 Å². The molecule has 3 nitrogen and oxygen atoms in total. The number of benzene rings is 1. The second-order valence-electron chi connectivity index (χ2n) is 5.81. The highest BCUT2D eigenvalue weighted by Crippen LogP contribution is 2.24. The van der Waals surface area contributed by atoms with Gasteiger partial charge in [-0.25, -0.2) is 4.98 Å². The van der Waals surface area contributed by atoms with E-state index in [0.717, 1.165) is 19.4 Å². The number of nitrogens with zero attached hydrogens (tertiary/aromatic N) is 2.